The number of carbonyl (C=O) groups excluding carboxylic acids is 1. The molecule has 0 unspecified atom stereocenters. The molecule has 10 heteroatoms. The molecule has 302 valence electrons. The Morgan fingerprint density at radius 2 is 1.43 bits per heavy atom. The smallest absolute Gasteiger partial charge is 0.339 e. The highest BCUT2D eigenvalue weighted by atomic mass is 28.4. The summed E-state index contributed by atoms with van der Waals surface area (Å²) in [4.78, 5) is 23.5. The third-order valence-corrected chi connectivity index (χ3v) is 12.0. The number of nitrogens with zero attached hydrogens (tertiary/aromatic N) is 2. The molecule has 5 atom stereocenters. The number of esters is 1. The van der Waals surface area contributed by atoms with Crippen LogP contribution in [-0.2, 0) is 31.0 Å². The Balaban J connectivity index is 1.33. The van der Waals surface area contributed by atoms with E-state index in [1.165, 1.54) is 0 Å². The fourth-order valence-corrected chi connectivity index (χ4v) is 10.1. The van der Waals surface area contributed by atoms with Crippen LogP contribution in [0.5, 0.6) is 5.75 Å². The average Bonchev–Trinajstić information content (AvgIpc) is 3.73. The summed E-state index contributed by atoms with van der Waals surface area (Å²) in [6.45, 7) is 11.8. The second kappa shape index (κ2) is 18.0. The normalized spacial score (nSPS) is 20.6. The van der Waals surface area contributed by atoms with Gasteiger partial charge in [0.25, 0.3) is 5.71 Å². The first-order valence-electron chi connectivity index (χ1n) is 20.4. The summed E-state index contributed by atoms with van der Waals surface area (Å²) in [5.41, 5.74) is 4.11. The molecule has 2 aliphatic rings. The first kappa shape index (κ1) is 40.8. The van der Waals surface area contributed by atoms with Crippen molar-refractivity contribution in [2.45, 2.75) is 82.8 Å². The lowest BCUT2D eigenvalue weighted by molar-refractivity contribution is -0.769. The van der Waals surface area contributed by atoms with Crippen LogP contribution in [0.15, 0.2) is 146 Å². The van der Waals surface area contributed by atoms with Crippen molar-refractivity contribution >= 4 is 25.7 Å². The number of rotatable bonds is 15. The summed E-state index contributed by atoms with van der Waals surface area (Å²) in [7, 11) is -2.23. The molecule has 0 bridgehead atoms. The average molecular weight is 798 g/mol. The van der Waals surface area contributed by atoms with Crippen molar-refractivity contribution in [1.29, 1.82) is 0 Å². The van der Waals surface area contributed by atoms with Crippen LogP contribution < -0.4 is 10.1 Å². The fourth-order valence-electron chi connectivity index (χ4n) is 8.74. The second-order valence-corrected chi connectivity index (χ2v) is 20.6. The number of hydrogen-bond donors (Lipinski definition) is 1. The van der Waals surface area contributed by atoms with Crippen LogP contribution in [-0.4, -0.2) is 61.3 Å². The lowest BCUT2D eigenvalue weighted by atomic mass is 9.76. The zero-order valence-corrected chi connectivity index (χ0v) is 35.1. The summed E-state index contributed by atoms with van der Waals surface area (Å²) < 4.78 is 19.3. The van der Waals surface area contributed by atoms with E-state index < -0.39 is 38.1 Å². The quantitative estimate of drug-likeness (QED) is 0.0636. The van der Waals surface area contributed by atoms with Gasteiger partial charge in [-0.05, 0) is 92.5 Å². The molecule has 0 aromatic heterocycles. The van der Waals surface area contributed by atoms with Gasteiger partial charge in [-0.25, -0.2) is 4.79 Å². The number of ether oxygens (including phenoxy) is 2. The lowest BCUT2D eigenvalue weighted by Gasteiger charge is -2.51. The predicted molar refractivity (Wildman–Crippen MR) is 231 cm³/mol. The van der Waals surface area contributed by atoms with Crippen LogP contribution in [0, 0.1) is 11.1 Å². The highest BCUT2D eigenvalue weighted by molar-refractivity contribution is 6.69. The van der Waals surface area contributed by atoms with E-state index in [2.05, 4.69) is 85.3 Å². The van der Waals surface area contributed by atoms with Gasteiger partial charge in [0.2, 0.25) is 6.04 Å². The van der Waals surface area contributed by atoms with Gasteiger partial charge in [0, 0.05) is 22.5 Å². The molecule has 58 heavy (non-hydrogen) atoms. The maximum absolute atomic E-state index is 14.8. The van der Waals surface area contributed by atoms with Crippen LogP contribution in [0.1, 0.15) is 54.9 Å². The van der Waals surface area contributed by atoms with Gasteiger partial charge < -0.3 is 24.1 Å². The Labute approximate surface area is 343 Å². The van der Waals surface area contributed by atoms with Crippen LogP contribution in [0.4, 0.5) is 5.69 Å². The van der Waals surface area contributed by atoms with E-state index in [0.29, 0.717) is 29.5 Å². The minimum Gasteiger partial charge on any atom is -0.489 e. The van der Waals surface area contributed by atoms with Crippen LogP contribution in [0.25, 0.3) is 0 Å². The van der Waals surface area contributed by atoms with Gasteiger partial charge in [0.1, 0.15) is 24.2 Å². The van der Waals surface area contributed by atoms with Gasteiger partial charge in [-0.15, -0.1) is 0 Å². The summed E-state index contributed by atoms with van der Waals surface area (Å²) in [5.74, 6) is -0.707. The molecule has 0 spiro atoms. The maximum Gasteiger partial charge on any atom is 0.339 e. The van der Waals surface area contributed by atoms with Crippen molar-refractivity contribution in [3.05, 3.63) is 173 Å². The Morgan fingerprint density at radius 1 is 0.862 bits per heavy atom. The highest BCUT2D eigenvalue weighted by Crippen LogP contribution is 2.48. The van der Waals surface area contributed by atoms with Crippen LogP contribution in [0.2, 0.25) is 19.6 Å². The standard InChI is InChI=1S/C48H55N3O6Si/c1-6-54-47(52)44(49-40-26-17-10-18-27-40)45-43(37-29-31-41(32-30-37)55-34-36-20-11-7-12-21-36)35(2)46(56-51(45)53)50-33-19-28-42(50)48(57-58(3,4)5,38-22-13-8-14-23-38)39-24-15-9-16-25-39/h7-18,20-27,29-32,35,42-44,46,49H,6,19,28,33-34H2,1-5H3/t35-,42+,43+,44-,46-/m1/s1. The summed E-state index contributed by atoms with van der Waals surface area (Å²) in [6, 6.07) is 47.0. The molecular formula is C48H55N3O6Si. The van der Waals surface area contributed by atoms with Gasteiger partial charge in [0.05, 0.1) is 12.5 Å². The molecule has 1 saturated heterocycles. The van der Waals surface area contributed by atoms with E-state index in [4.69, 9.17) is 18.7 Å². The maximum atomic E-state index is 14.8. The number of para-hydroxylation sites is 1. The molecule has 0 saturated carbocycles. The van der Waals surface area contributed by atoms with E-state index in [9.17, 15) is 10.0 Å². The monoisotopic (exact) mass is 797 g/mol. The molecule has 2 aliphatic heterocycles. The SMILES string of the molecule is CCOC(=O)[C@H](Nc1ccccc1)C1=[N+]([O-])O[C@@H](N2CCC[C@H]2C(O[Si](C)(C)C)(c2ccccc2)c2ccccc2)[C@H](C)[C@H]1c1ccc(OCc2ccccc2)cc1. The minimum atomic E-state index is -2.23. The van der Waals surface area contributed by atoms with Crippen molar-refractivity contribution in [3.8, 4) is 5.75 Å². The Hall–Kier alpha value is -5.42. The van der Waals surface area contributed by atoms with Crippen molar-refractivity contribution < 1.29 is 28.4 Å². The second-order valence-electron chi connectivity index (χ2n) is 16.1. The molecule has 9 nitrogen and oxygen atoms in total. The number of anilines is 1. The molecule has 1 fully saturated rings. The summed E-state index contributed by atoms with van der Waals surface area (Å²) >= 11 is 0. The third-order valence-electron chi connectivity index (χ3n) is 11.1. The number of carbonyl (C=O) groups is 1. The van der Waals surface area contributed by atoms with Crippen molar-refractivity contribution in [3.63, 3.8) is 0 Å². The van der Waals surface area contributed by atoms with E-state index in [-0.39, 0.29) is 24.3 Å². The van der Waals surface area contributed by atoms with E-state index >= 15 is 0 Å². The van der Waals surface area contributed by atoms with Crippen LogP contribution >= 0.6 is 0 Å². The van der Waals surface area contributed by atoms with Gasteiger partial charge >= 0.3 is 5.97 Å². The fraction of sp³-hybridized carbons (Fsp3) is 0.333. The minimum absolute atomic E-state index is 0.155. The highest BCUT2D eigenvalue weighted by Gasteiger charge is 2.55. The van der Waals surface area contributed by atoms with Crippen molar-refractivity contribution in [2.75, 3.05) is 18.5 Å². The Kier molecular flexibility index (Phi) is 12.7. The molecule has 0 amide bonds. The number of likely N-dealkylation sites (tertiary alicyclic amines) is 1. The zero-order valence-electron chi connectivity index (χ0n) is 34.1. The number of hydrogen-bond acceptors (Lipinski definition) is 8. The number of benzene rings is 5. The number of nitrogens with one attached hydrogen (secondary N) is 1. The first-order valence-corrected chi connectivity index (χ1v) is 23.8. The molecule has 1 N–H and O–H groups in total. The van der Waals surface area contributed by atoms with Crippen LogP contribution in [0.3, 0.4) is 0 Å². The largest absolute Gasteiger partial charge is 0.489 e. The van der Waals surface area contributed by atoms with Crippen molar-refractivity contribution in [2.24, 2.45) is 5.92 Å². The topological polar surface area (TPSA) is 95.3 Å². The van der Waals surface area contributed by atoms with E-state index in [1.807, 2.05) is 97.1 Å². The Bertz CT molecular complexity index is 2070. The summed E-state index contributed by atoms with van der Waals surface area (Å²) in [5, 5.41) is 18.1. The molecule has 5 aromatic carbocycles. The van der Waals surface area contributed by atoms with E-state index in [0.717, 1.165) is 35.1 Å². The van der Waals surface area contributed by atoms with Gasteiger partial charge in [-0.3, -0.25) is 10.1 Å². The molecule has 7 rings (SSSR count). The molecule has 5 aromatic rings. The van der Waals surface area contributed by atoms with Crippen molar-refractivity contribution in [1.82, 2.24) is 4.90 Å². The van der Waals surface area contributed by atoms with Gasteiger partial charge in [-0.1, -0.05) is 128 Å². The molecule has 2 heterocycles. The molecule has 0 radical (unpaired) electrons. The van der Waals surface area contributed by atoms with Gasteiger partial charge in [-0.2, -0.15) is 0 Å². The molecular weight excluding hydrogens is 743 g/mol. The lowest BCUT2D eigenvalue weighted by Crippen LogP contribution is -2.61. The third kappa shape index (κ3) is 8.84. The summed E-state index contributed by atoms with van der Waals surface area (Å²) in [6.07, 6.45) is 1.06. The molecule has 0 aliphatic carbocycles. The predicted octanol–water partition coefficient (Wildman–Crippen LogP) is 9.51. The van der Waals surface area contributed by atoms with E-state index in [1.54, 1.807) is 6.92 Å². The zero-order chi connectivity index (χ0) is 40.7. The van der Waals surface area contributed by atoms with Gasteiger partial charge in [0.15, 0.2) is 8.32 Å². The Morgan fingerprint density at radius 3 is 2.00 bits per heavy atom. The first-order chi connectivity index (χ1) is 28.1.